The van der Waals surface area contributed by atoms with E-state index in [9.17, 15) is 14.4 Å². The maximum absolute atomic E-state index is 12.7. The van der Waals surface area contributed by atoms with Gasteiger partial charge in [0.1, 0.15) is 13.2 Å². The van der Waals surface area contributed by atoms with E-state index in [1.165, 1.54) is 0 Å². The zero-order chi connectivity index (χ0) is 42.3. The predicted octanol–water partition coefficient (Wildman–Crippen LogP) is 14.8. The minimum atomic E-state index is -0.817. The first-order valence-electron chi connectivity index (χ1n) is 22.9. The van der Waals surface area contributed by atoms with Gasteiger partial charge in [-0.05, 0) is 116 Å². The van der Waals surface area contributed by atoms with Crippen molar-refractivity contribution in [3.63, 3.8) is 0 Å². The number of carbonyl (C=O) groups excluding carboxylic acids is 3. The summed E-state index contributed by atoms with van der Waals surface area (Å²) in [6.07, 6.45) is 60.8. The number of ether oxygens (including phenoxy) is 3. The van der Waals surface area contributed by atoms with Gasteiger partial charge in [0.15, 0.2) is 6.10 Å². The molecule has 0 aromatic carbocycles. The molecule has 0 radical (unpaired) electrons. The zero-order valence-electron chi connectivity index (χ0n) is 37.0. The molecule has 0 aromatic heterocycles. The highest BCUT2D eigenvalue weighted by Gasteiger charge is 2.19. The van der Waals surface area contributed by atoms with Gasteiger partial charge in [0.2, 0.25) is 0 Å². The van der Waals surface area contributed by atoms with E-state index in [0.29, 0.717) is 19.3 Å². The van der Waals surface area contributed by atoms with E-state index < -0.39 is 6.10 Å². The minimum absolute atomic E-state index is 0.114. The van der Waals surface area contributed by atoms with Crippen molar-refractivity contribution in [2.24, 2.45) is 0 Å². The molecule has 0 bridgehead atoms. The van der Waals surface area contributed by atoms with Crippen LogP contribution < -0.4 is 0 Å². The molecule has 1 atom stereocenters. The first-order valence-corrected chi connectivity index (χ1v) is 22.9. The molecule has 0 aliphatic heterocycles. The molecule has 1 unspecified atom stereocenters. The Balaban J connectivity index is 4.52. The Hall–Kier alpha value is -3.93. The molecule has 0 amide bonds. The van der Waals surface area contributed by atoms with Gasteiger partial charge >= 0.3 is 17.9 Å². The fourth-order valence-electron chi connectivity index (χ4n) is 5.66. The molecule has 0 rings (SSSR count). The molecule has 0 fully saturated rings. The SMILES string of the molecule is CC/C=C\C/C=C\C/C=C\C/C=C\CCCCCC(=O)OCC(COC(=O)CCCCCCC/C=C\C/C=C\CC)OC(=O)CCCC/C=C\C/C=C\C/C=C\CC. The lowest BCUT2D eigenvalue weighted by atomic mass is 10.1. The Kier molecular flexibility index (Phi) is 42.7. The van der Waals surface area contributed by atoms with E-state index >= 15 is 0 Å². The Morgan fingerprint density at radius 3 is 1.02 bits per heavy atom. The van der Waals surface area contributed by atoms with Gasteiger partial charge < -0.3 is 14.2 Å². The van der Waals surface area contributed by atoms with Crippen molar-refractivity contribution in [2.45, 2.75) is 187 Å². The van der Waals surface area contributed by atoms with Gasteiger partial charge in [0.05, 0.1) is 0 Å². The second-order valence-corrected chi connectivity index (χ2v) is 14.5. The number of unbranched alkanes of at least 4 members (excludes halogenated alkanes) is 10. The van der Waals surface area contributed by atoms with Crippen molar-refractivity contribution in [3.05, 3.63) is 109 Å². The highest BCUT2D eigenvalue weighted by molar-refractivity contribution is 5.71. The van der Waals surface area contributed by atoms with Crippen LogP contribution >= 0.6 is 0 Å². The average molecular weight is 803 g/mol. The average Bonchev–Trinajstić information content (AvgIpc) is 3.22. The molecular weight excluding hydrogens is 721 g/mol. The summed E-state index contributed by atoms with van der Waals surface area (Å²) in [6.45, 7) is 6.19. The highest BCUT2D eigenvalue weighted by atomic mass is 16.6. The van der Waals surface area contributed by atoms with Gasteiger partial charge in [0, 0.05) is 19.3 Å². The standard InChI is InChI=1S/C52H82O6/c1-4-7-10-13-16-19-22-25-26-27-28-31-33-36-39-42-45-51(54)57-48-49(58-52(55)46-43-40-37-34-30-24-21-18-15-12-9-6-3)47-56-50(53)44-41-38-35-32-29-23-20-17-14-11-8-5-2/h7-12,16-21,25-26,28,30-31,34,49H,4-6,13-15,22-24,27,29,32-33,35-48H2,1-3H3/b10-7-,11-8-,12-9-,19-16-,20-17-,21-18-,26-25-,31-28-,34-30-. The second kappa shape index (κ2) is 45.8. The molecule has 0 aromatic rings. The third-order valence-corrected chi connectivity index (χ3v) is 9.00. The Morgan fingerprint density at radius 2 is 0.621 bits per heavy atom. The first kappa shape index (κ1) is 54.1. The molecule has 0 N–H and O–H groups in total. The largest absolute Gasteiger partial charge is 0.462 e. The van der Waals surface area contributed by atoms with E-state index in [0.717, 1.165) is 135 Å². The van der Waals surface area contributed by atoms with Crippen molar-refractivity contribution in [3.8, 4) is 0 Å². The monoisotopic (exact) mass is 803 g/mol. The Bertz CT molecular complexity index is 1240. The molecule has 58 heavy (non-hydrogen) atoms. The molecule has 0 saturated heterocycles. The van der Waals surface area contributed by atoms with Crippen molar-refractivity contribution in [1.29, 1.82) is 0 Å². The third kappa shape index (κ3) is 43.2. The van der Waals surface area contributed by atoms with E-state index in [4.69, 9.17) is 14.2 Å². The van der Waals surface area contributed by atoms with Crippen LogP contribution in [0.15, 0.2) is 109 Å². The number of hydrogen-bond donors (Lipinski definition) is 0. The minimum Gasteiger partial charge on any atom is -0.462 e. The number of esters is 3. The van der Waals surface area contributed by atoms with Gasteiger partial charge in [-0.3, -0.25) is 14.4 Å². The van der Waals surface area contributed by atoms with Crippen LogP contribution in [0.25, 0.3) is 0 Å². The maximum atomic E-state index is 12.7. The lowest BCUT2D eigenvalue weighted by Crippen LogP contribution is -2.30. The lowest BCUT2D eigenvalue weighted by molar-refractivity contribution is -0.167. The normalized spacial score (nSPS) is 13.1. The molecule has 6 heteroatoms. The lowest BCUT2D eigenvalue weighted by Gasteiger charge is -2.18. The summed E-state index contributed by atoms with van der Waals surface area (Å²) in [7, 11) is 0. The highest BCUT2D eigenvalue weighted by Crippen LogP contribution is 2.11. The smallest absolute Gasteiger partial charge is 0.306 e. The molecule has 0 saturated carbocycles. The summed E-state index contributed by atoms with van der Waals surface area (Å²) in [6, 6.07) is 0. The number of hydrogen-bond acceptors (Lipinski definition) is 6. The number of rotatable bonds is 39. The van der Waals surface area contributed by atoms with Crippen molar-refractivity contribution in [1.82, 2.24) is 0 Å². The fraction of sp³-hybridized carbons (Fsp3) is 0.596. The van der Waals surface area contributed by atoms with Gasteiger partial charge in [-0.2, -0.15) is 0 Å². The topological polar surface area (TPSA) is 78.9 Å². The molecule has 0 aliphatic rings. The summed E-state index contributed by atoms with van der Waals surface area (Å²) < 4.78 is 16.6. The van der Waals surface area contributed by atoms with Gasteiger partial charge in [-0.25, -0.2) is 0 Å². The first-order chi connectivity index (χ1) is 28.5. The fourth-order valence-corrected chi connectivity index (χ4v) is 5.66. The maximum Gasteiger partial charge on any atom is 0.306 e. The second-order valence-electron chi connectivity index (χ2n) is 14.5. The number of allylic oxidation sites excluding steroid dienone is 18. The summed E-state index contributed by atoms with van der Waals surface area (Å²) in [4.78, 5) is 37.8. The van der Waals surface area contributed by atoms with Crippen LogP contribution in [0, 0.1) is 0 Å². The quantitative estimate of drug-likeness (QED) is 0.0267. The van der Waals surface area contributed by atoms with E-state index in [-0.39, 0.29) is 37.5 Å². The zero-order valence-corrected chi connectivity index (χ0v) is 37.0. The number of carbonyl (C=O) groups is 3. The van der Waals surface area contributed by atoms with Crippen LogP contribution in [-0.2, 0) is 28.6 Å². The molecule has 0 aliphatic carbocycles. The van der Waals surface area contributed by atoms with Crippen LogP contribution in [-0.4, -0.2) is 37.2 Å². The van der Waals surface area contributed by atoms with Crippen LogP contribution in [0.4, 0.5) is 0 Å². The van der Waals surface area contributed by atoms with Crippen molar-refractivity contribution in [2.75, 3.05) is 13.2 Å². The molecule has 326 valence electrons. The van der Waals surface area contributed by atoms with Crippen molar-refractivity contribution < 1.29 is 28.6 Å². The van der Waals surface area contributed by atoms with E-state index in [2.05, 4.69) is 130 Å². The van der Waals surface area contributed by atoms with Crippen LogP contribution in [0.3, 0.4) is 0 Å². The van der Waals surface area contributed by atoms with Crippen LogP contribution in [0.1, 0.15) is 181 Å². The van der Waals surface area contributed by atoms with Crippen LogP contribution in [0.2, 0.25) is 0 Å². The van der Waals surface area contributed by atoms with Gasteiger partial charge in [0.25, 0.3) is 0 Å². The summed E-state index contributed by atoms with van der Waals surface area (Å²) in [5, 5.41) is 0. The summed E-state index contributed by atoms with van der Waals surface area (Å²) in [5.41, 5.74) is 0. The predicted molar refractivity (Wildman–Crippen MR) is 247 cm³/mol. The van der Waals surface area contributed by atoms with Crippen LogP contribution in [0.5, 0.6) is 0 Å². The summed E-state index contributed by atoms with van der Waals surface area (Å²) in [5.74, 6) is -1.01. The van der Waals surface area contributed by atoms with Gasteiger partial charge in [-0.15, -0.1) is 0 Å². The third-order valence-electron chi connectivity index (χ3n) is 9.00. The Labute approximate surface area is 355 Å². The van der Waals surface area contributed by atoms with Crippen molar-refractivity contribution >= 4 is 17.9 Å². The molecule has 0 spiro atoms. The van der Waals surface area contributed by atoms with Gasteiger partial charge in [-0.1, -0.05) is 156 Å². The molecule has 0 heterocycles. The molecule has 6 nitrogen and oxygen atoms in total. The van der Waals surface area contributed by atoms with E-state index in [1.807, 2.05) is 0 Å². The Morgan fingerprint density at radius 1 is 0.345 bits per heavy atom. The summed E-state index contributed by atoms with van der Waals surface area (Å²) >= 11 is 0. The molecular formula is C52H82O6. The van der Waals surface area contributed by atoms with E-state index in [1.54, 1.807) is 0 Å².